The molecule has 1 saturated heterocycles. The van der Waals surface area contributed by atoms with E-state index in [1.165, 1.54) is 0 Å². The van der Waals surface area contributed by atoms with Crippen LogP contribution in [0.5, 0.6) is 0 Å². The molecule has 1 aliphatic rings. The second-order valence-electron chi connectivity index (χ2n) is 5.21. The second-order valence-corrected chi connectivity index (χ2v) is 5.21. The Balaban J connectivity index is 2.25. The van der Waals surface area contributed by atoms with Crippen LogP contribution in [0.3, 0.4) is 0 Å². The van der Waals surface area contributed by atoms with Crippen molar-refractivity contribution in [1.29, 1.82) is 0 Å². The summed E-state index contributed by atoms with van der Waals surface area (Å²) in [5, 5.41) is 6.50. The maximum absolute atomic E-state index is 12.0. The normalized spacial score (nSPS) is 26.2. The van der Waals surface area contributed by atoms with Gasteiger partial charge in [0.1, 0.15) is 0 Å². The van der Waals surface area contributed by atoms with Crippen molar-refractivity contribution >= 4 is 5.91 Å². The lowest BCUT2D eigenvalue weighted by Crippen LogP contribution is -2.44. The summed E-state index contributed by atoms with van der Waals surface area (Å²) in [6.45, 7) is 8.90. The van der Waals surface area contributed by atoms with Gasteiger partial charge in [0.05, 0.1) is 0 Å². The summed E-state index contributed by atoms with van der Waals surface area (Å²) < 4.78 is 0. The summed E-state index contributed by atoms with van der Waals surface area (Å²) in [6.07, 6.45) is 7.04. The van der Waals surface area contributed by atoms with Crippen molar-refractivity contribution in [2.75, 3.05) is 6.54 Å². The van der Waals surface area contributed by atoms with Crippen LogP contribution in [0.15, 0.2) is 12.7 Å². The van der Waals surface area contributed by atoms with Crippen LogP contribution in [-0.2, 0) is 4.79 Å². The molecule has 1 fully saturated rings. The Morgan fingerprint density at radius 2 is 2.41 bits per heavy atom. The minimum Gasteiger partial charge on any atom is -0.353 e. The number of amides is 1. The summed E-state index contributed by atoms with van der Waals surface area (Å²) in [5.74, 6) is 0.442. The highest BCUT2D eigenvalue weighted by Crippen LogP contribution is 2.16. The molecule has 0 saturated carbocycles. The maximum atomic E-state index is 12.0. The molecule has 0 aromatic heterocycles. The number of allylic oxidation sites excluding steroid dienone is 1. The van der Waals surface area contributed by atoms with Gasteiger partial charge in [0.25, 0.3) is 0 Å². The third-order valence-electron chi connectivity index (χ3n) is 3.43. The predicted molar refractivity (Wildman–Crippen MR) is 71.8 cm³/mol. The first-order chi connectivity index (χ1) is 8.13. The summed E-state index contributed by atoms with van der Waals surface area (Å²) in [6, 6.07) is 0.753. The van der Waals surface area contributed by atoms with E-state index in [0.717, 1.165) is 38.6 Å². The summed E-state index contributed by atoms with van der Waals surface area (Å²) in [7, 11) is 0. The number of hydrogen-bond donors (Lipinski definition) is 2. The van der Waals surface area contributed by atoms with Crippen molar-refractivity contribution in [3.63, 3.8) is 0 Å². The Morgan fingerprint density at radius 3 is 3.06 bits per heavy atom. The molecule has 0 spiro atoms. The molecule has 3 nitrogen and oxygen atoms in total. The van der Waals surface area contributed by atoms with E-state index in [1.54, 1.807) is 0 Å². The number of carbonyl (C=O) groups excluding carboxylic acids is 1. The van der Waals surface area contributed by atoms with Gasteiger partial charge in [0.15, 0.2) is 0 Å². The molecule has 0 radical (unpaired) electrons. The molecular weight excluding hydrogens is 212 g/mol. The Hall–Kier alpha value is -0.830. The monoisotopic (exact) mass is 238 g/mol. The fourth-order valence-corrected chi connectivity index (χ4v) is 2.37. The highest BCUT2D eigenvalue weighted by molar-refractivity contribution is 5.79. The highest BCUT2D eigenvalue weighted by atomic mass is 16.1. The smallest absolute Gasteiger partial charge is 0.223 e. The zero-order chi connectivity index (χ0) is 12.7. The Morgan fingerprint density at radius 1 is 1.65 bits per heavy atom. The van der Waals surface area contributed by atoms with Crippen molar-refractivity contribution in [3.8, 4) is 0 Å². The zero-order valence-corrected chi connectivity index (χ0v) is 11.2. The number of nitrogens with one attached hydrogen (secondary N) is 2. The number of hydrogen-bond acceptors (Lipinski definition) is 2. The lowest BCUT2D eigenvalue weighted by Gasteiger charge is -2.28. The van der Waals surface area contributed by atoms with Crippen molar-refractivity contribution in [2.45, 2.75) is 58.0 Å². The minimum absolute atomic E-state index is 0.202. The third-order valence-corrected chi connectivity index (χ3v) is 3.43. The molecule has 98 valence electrons. The van der Waals surface area contributed by atoms with Gasteiger partial charge in [-0.25, -0.2) is 0 Å². The van der Waals surface area contributed by atoms with Crippen LogP contribution in [0.1, 0.15) is 46.0 Å². The summed E-state index contributed by atoms with van der Waals surface area (Å²) in [4.78, 5) is 12.0. The van der Waals surface area contributed by atoms with Crippen LogP contribution in [-0.4, -0.2) is 24.5 Å². The van der Waals surface area contributed by atoms with E-state index in [9.17, 15) is 4.79 Å². The SMILES string of the molecule is C=CCCCC(C)NC(=O)[C@H]1CCN[C@@H](C)C1. The van der Waals surface area contributed by atoms with Crippen molar-refractivity contribution in [3.05, 3.63) is 12.7 Å². The van der Waals surface area contributed by atoms with Gasteiger partial charge in [-0.2, -0.15) is 0 Å². The number of piperidine rings is 1. The molecule has 0 bridgehead atoms. The first-order valence-electron chi connectivity index (χ1n) is 6.78. The predicted octanol–water partition coefficient (Wildman–Crippen LogP) is 2.24. The fourth-order valence-electron chi connectivity index (χ4n) is 2.37. The average molecular weight is 238 g/mol. The molecule has 2 N–H and O–H groups in total. The molecule has 1 amide bonds. The first kappa shape index (κ1) is 14.2. The van der Waals surface area contributed by atoms with Gasteiger partial charge in [-0.1, -0.05) is 6.08 Å². The van der Waals surface area contributed by atoms with E-state index in [-0.39, 0.29) is 17.9 Å². The van der Waals surface area contributed by atoms with E-state index in [2.05, 4.69) is 31.1 Å². The molecule has 17 heavy (non-hydrogen) atoms. The van der Waals surface area contributed by atoms with Gasteiger partial charge < -0.3 is 10.6 Å². The van der Waals surface area contributed by atoms with Crippen molar-refractivity contribution in [2.24, 2.45) is 5.92 Å². The molecule has 1 heterocycles. The summed E-state index contributed by atoms with van der Waals surface area (Å²) >= 11 is 0. The van der Waals surface area contributed by atoms with E-state index in [4.69, 9.17) is 0 Å². The molecule has 1 rings (SSSR count). The molecule has 3 heteroatoms. The molecular formula is C14H26N2O. The van der Waals surface area contributed by atoms with Gasteiger partial charge in [0.2, 0.25) is 5.91 Å². The standard InChI is InChI=1S/C14H26N2O/c1-4-5-6-7-11(2)16-14(17)13-8-9-15-12(3)10-13/h4,11-13,15H,1,5-10H2,2-3H3,(H,16,17)/t11?,12-,13-/m0/s1. The fraction of sp³-hybridized carbons (Fsp3) is 0.786. The van der Waals surface area contributed by atoms with Gasteiger partial charge in [-0.15, -0.1) is 6.58 Å². The van der Waals surface area contributed by atoms with Gasteiger partial charge in [0, 0.05) is 18.0 Å². The Labute approximate surface area is 105 Å². The molecule has 0 aliphatic carbocycles. The van der Waals surface area contributed by atoms with Crippen molar-refractivity contribution < 1.29 is 4.79 Å². The van der Waals surface area contributed by atoms with E-state index >= 15 is 0 Å². The van der Waals surface area contributed by atoms with Crippen LogP contribution < -0.4 is 10.6 Å². The maximum Gasteiger partial charge on any atom is 0.223 e. The third kappa shape index (κ3) is 5.35. The first-order valence-corrected chi connectivity index (χ1v) is 6.78. The minimum atomic E-state index is 0.202. The van der Waals surface area contributed by atoms with E-state index < -0.39 is 0 Å². The number of unbranched alkanes of at least 4 members (excludes halogenated alkanes) is 1. The van der Waals surface area contributed by atoms with Crippen molar-refractivity contribution in [1.82, 2.24) is 10.6 Å². The molecule has 1 unspecified atom stereocenters. The molecule has 0 aromatic carbocycles. The van der Waals surface area contributed by atoms with Crippen LogP contribution >= 0.6 is 0 Å². The lowest BCUT2D eigenvalue weighted by molar-refractivity contribution is -0.126. The summed E-state index contributed by atoms with van der Waals surface area (Å²) in [5.41, 5.74) is 0. The van der Waals surface area contributed by atoms with Crippen LogP contribution in [0.2, 0.25) is 0 Å². The quantitative estimate of drug-likeness (QED) is 0.550. The number of rotatable bonds is 6. The Kier molecular flexibility index (Phi) is 6.27. The van der Waals surface area contributed by atoms with E-state index in [0.29, 0.717) is 6.04 Å². The largest absolute Gasteiger partial charge is 0.353 e. The van der Waals surface area contributed by atoms with Crippen LogP contribution in [0, 0.1) is 5.92 Å². The molecule has 1 aliphatic heterocycles. The van der Waals surface area contributed by atoms with Gasteiger partial charge in [-0.05, 0) is 52.5 Å². The van der Waals surface area contributed by atoms with Crippen LogP contribution in [0.4, 0.5) is 0 Å². The Bertz CT molecular complexity index is 253. The van der Waals surface area contributed by atoms with Gasteiger partial charge >= 0.3 is 0 Å². The average Bonchev–Trinajstić information content (AvgIpc) is 2.29. The topological polar surface area (TPSA) is 41.1 Å². The highest BCUT2D eigenvalue weighted by Gasteiger charge is 2.25. The van der Waals surface area contributed by atoms with Gasteiger partial charge in [-0.3, -0.25) is 4.79 Å². The van der Waals surface area contributed by atoms with Crippen LogP contribution in [0.25, 0.3) is 0 Å². The molecule has 3 atom stereocenters. The number of carbonyl (C=O) groups is 1. The van der Waals surface area contributed by atoms with E-state index in [1.807, 2.05) is 6.08 Å². The zero-order valence-electron chi connectivity index (χ0n) is 11.2. The second kappa shape index (κ2) is 7.49. The lowest BCUT2D eigenvalue weighted by atomic mass is 9.92. The molecule has 0 aromatic rings.